The number of benzene rings is 1. The Morgan fingerprint density at radius 1 is 1.12 bits per heavy atom. The van der Waals surface area contributed by atoms with Gasteiger partial charge in [0.25, 0.3) is 11.8 Å². The molecule has 0 saturated carbocycles. The number of carbonyl (C=O) groups excluding carboxylic acids is 2. The second kappa shape index (κ2) is 7.56. The van der Waals surface area contributed by atoms with Crippen LogP contribution in [0.1, 0.15) is 51.9 Å². The monoisotopic (exact) mass is 365 g/mol. The smallest absolute Gasteiger partial charge is 0.261 e. The summed E-state index contributed by atoms with van der Waals surface area (Å²) < 4.78 is 20.1. The molecule has 2 aliphatic rings. The number of unbranched alkanes of at least 4 members (excludes halogenated alkanes) is 2. The molecule has 6 heteroatoms. The van der Waals surface area contributed by atoms with Crippen molar-refractivity contribution in [2.75, 3.05) is 11.5 Å². The normalized spacial score (nSPS) is 17.3. The summed E-state index contributed by atoms with van der Waals surface area (Å²) in [5, 5.41) is 0.134. The van der Waals surface area contributed by atoms with Crippen molar-refractivity contribution in [1.82, 2.24) is 0 Å². The highest BCUT2D eigenvalue weighted by molar-refractivity contribution is 6.34. The van der Waals surface area contributed by atoms with Gasteiger partial charge >= 0.3 is 0 Å². The van der Waals surface area contributed by atoms with E-state index in [4.69, 9.17) is 16.3 Å². The Kier molecular flexibility index (Phi) is 5.42. The molecular formula is C19H21ClFNO3. The van der Waals surface area contributed by atoms with Gasteiger partial charge in [0.2, 0.25) is 0 Å². The van der Waals surface area contributed by atoms with Crippen molar-refractivity contribution in [1.29, 1.82) is 0 Å². The molecular weight excluding hydrogens is 345 g/mol. The van der Waals surface area contributed by atoms with E-state index in [2.05, 4.69) is 6.92 Å². The Labute approximate surface area is 151 Å². The Hall–Kier alpha value is -1.88. The van der Waals surface area contributed by atoms with Crippen molar-refractivity contribution in [2.45, 2.75) is 51.9 Å². The van der Waals surface area contributed by atoms with E-state index in [1.165, 1.54) is 6.07 Å². The standard InChI is InChI=1S/C19H21ClFNO3/c1-2-3-6-9-25-17-11-16(15(21)10-14(17)20)22-18(23)12-7-4-5-8-13(12)19(22)24/h10-11H,2-9H2,1H3. The van der Waals surface area contributed by atoms with Gasteiger partial charge in [-0.2, -0.15) is 0 Å². The average Bonchev–Trinajstić information content (AvgIpc) is 2.85. The molecule has 0 fully saturated rings. The van der Waals surface area contributed by atoms with Gasteiger partial charge < -0.3 is 4.74 Å². The highest BCUT2D eigenvalue weighted by atomic mass is 35.5. The zero-order valence-electron chi connectivity index (χ0n) is 14.2. The molecule has 1 heterocycles. The summed E-state index contributed by atoms with van der Waals surface area (Å²) in [5.41, 5.74) is 0.964. The first kappa shape index (κ1) is 17.9. The first-order valence-corrected chi connectivity index (χ1v) is 9.15. The summed E-state index contributed by atoms with van der Waals surface area (Å²) in [6, 6.07) is 2.46. The molecule has 1 aliphatic heterocycles. The maximum absolute atomic E-state index is 14.4. The Morgan fingerprint density at radius 2 is 1.76 bits per heavy atom. The fourth-order valence-electron chi connectivity index (χ4n) is 3.29. The van der Waals surface area contributed by atoms with E-state index in [0.717, 1.165) is 43.1 Å². The molecule has 1 aliphatic carbocycles. The van der Waals surface area contributed by atoms with Gasteiger partial charge in [0, 0.05) is 17.2 Å². The topological polar surface area (TPSA) is 46.6 Å². The third-order valence-corrected chi connectivity index (χ3v) is 4.93. The van der Waals surface area contributed by atoms with Crippen molar-refractivity contribution in [2.24, 2.45) is 0 Å². The highest BCUT2D eigenvalue weighted by Gasteiger charge is 2.41. The summed E-state index contributed by atoms with van der Waals surface area (Å²) in [6.45, 7) is 2.54. The lowest BCUT2D eigenvalue weighted by atomic mass is 9.93. The van der Waals surface area contributed by atoms with Crippen molar-refractivity contribution in [3.05, 3.63) is 34.1 Å². The van der Waals surface area contributed by atoms with Crippen molar-refractivity contribution in [3.63, 3.8) is 0 Å². The first-order chi connectivity index (χ1) is 12.0. The van der Waals surface area contributed by atoms with Crippen LogP contribution in [0, 0.1) is 5.82 Å². The van der Waals surface area contributed by atoms with Crippen LogP contribution in [-0.2, 0) is 9.59 Å². The van der Waals surface area contributed by atoms with Gasteiger partial charge in [-0.25, -0.2) is 9.29 Å². The minimum Gasteiger partial charge on any atom is -0.492 e. The third kappa shape index (κ3) is 3.43. The number of amides is 2. The SMILES string of the molecule is CCCCCOc1cc(N2C(=O)C3=C(CCCC3)C2=O)c(F)cc1Cl. The number of nitrogens with zero attached hydrogens (tertiary/aromatic N) is 1. The van der Waals surface area contributed by atoms with Crippen LogP contribution in [0.15, 0.2) is 23.3 Å². The number of hydrogen-bond acceptors (Lipinski definition) is 3. The number of ether oxygens (including phenoxy) is 1. The van der Waals surface area contributed by atoms with Gasteiger partial charge in [0.05, 0.1) is 17.3 Å². The van der Waals surface area contributed by atoms with E-state index >= 15 is 0 Å². The van der Waals surface area contributed by atoms with Crippen molar-refractivity contribution in [3.8, 4) is 5.75 Å². The highest BCUT2D eigenvalue weighted by Crippen LogP contribution is 2.39. The van der Waals surface area contributed by atoms with E-state index in [-0.39, 0.29) is 10.7 Å². The van der Waals surface area contributed by atoms with Gasteiger partial charge in [0.1, 0.15) is 11.6 Å². The van der Waals surface area contributed by atoms with Crippen LogP contribution in [0.5, 0.6) is 5.75 Å². The summed E-state index contributed by atoms with van der Waals surface area (Å²) in [5.74, 6) is -1.25. The summed E-state index contributed by atoms with van der Waals surface area (Å²) in [7, 11) is 0. The molecule has 0 radical (unpaired) electrons. The fraction of sp³-hybridized carbons (Fsp3) is 0.474. The van der Waals surface area contributed by atoms with Gasteiger partial charge in [-0.3, -0.25) is 9.59 Å². The molecule has 0 bridgehead atoms. The molecule has 3 rings (SSSR count). The van der Waals surface area contributed by atoms with E-state index in [1.54, 1.807) is 0 Å². The molecule has 0 N–H and O–H groups in total. The third-order valence-electron chi connectivity index (χ3n) is 4.64. The van der Waals surface area contributed by atoms with Crippen LogP contribution in [0.3, 0.4) is 0 Å². The number of halogens is 2. The maximum atomic E-state index is 14.4. The average molecular weight is 366 g/mol. The van der Waals surface area contributed by atoms with Gasteiger partial charge in [-0.05, 0) is 38.2 Å². The number of anilines is 1. The molecule has 1 aromatic carbocycles. The van der Waals surface area contributed by atoms with Crippen molar-refractivity contribution >= 4 is 29.1 Å². The predicted molar refractivity (Wildman–Crippen MR) is 94.4 cm³/mol. The van der Waals surface area contributed by atoms with E-state index in [1.807, 2.05) is 0 Å². The largest absolute Gasteiger partial charge is 0.492 e. The minimum atomic E-state index is -0.701. The van der Waals surface area contributed by atoms with Gasteiger partial charge in [-0.1, -0.05) is 31.4 Å². The summed E-state index contributed by atoms with van der Waals surface area (Å²) in [6.07, 6.45) is 5.83. The van der Waals surface area contributed by atoms with Crippen LogP contribution >= 0.6 is 11.6 Å². The fourth-order valence-corrected chi connectivity index (χ4v) is 3.50. The van der Waals surface area contributed by atoms with Crippen molar-refractivity contribution < 1.29 is 18.7 Å². The molecule has 0 saturated heterocycles. The molecule has 2 amide bonds. The molecule has 0 unspecified atom stereocenters. The van der Waals surface area contributed by atoms with Crippen LogP contribution in [0.4, 0.5) is 10.1 Å². The number of hydrogen-bond donors (Lipinski definition) is 0. The zero-order valence-corrected chi connectivity index (χ0v) is 15.0. The van der Waals surface area contributed by atoms with Gasteiger partial charge in [0.15, 0.2) is 0 Å². The van der Waals surface area contributed by atoms with Crippen LogP contribution in [0.2, 0.25) is 5.02 Å². The van der Waals surface area contributed by atoms with Gasteiger partial charge in [-0.15, -0.1) is 0 Å². The molecule has 1 aromatic rings. The number of carbonyl (C=O) groups is 2. The molecule has 4 nitrogen and oxygen atoms in total. The molecule has 25 heavy (non-hydrogen) atoms. The van der Waals surface area contributed by atoms with E-state index < -0.39 is 17.6 Å². The van der Waals surface area contributed by atoms with Crippen LogP contribution in [-0.4, -0.2) is 18.4 Å². The Bertz CT molecular complexity index is 716. The van der Waals surface area contributed by atoms with Crippen LogP contribution in [0.25, 0.3) is 0 Å². The molecule has 0 atom stereocenters. The lowest BCUT2D eigenvalue weighted by molar-refractivity contribution is -0.120. The van der Waals surface area contributed by atoms with E-state index in [9.17, 15) is 14.0 Å². The molecule has 134 valence electrons. The minimum absolute atomic E-state index is 0.0840. The Balaban J connectivity index is 1.87. The second-order valence-corrected chi connectivity index (χ2v) is 6.81. The zero-order chi connectivity index (χ0) is 18.0. The number of imide groups is 1. The maximum Gasteiger partial charge on any atom is 0.261 e. The lowest BCUT2D eigenvalue weighted by Crippen LogP contribution is -2.32. The lowest BCUT2D eigenvalue weighted by Gasteiger charge is -2.18. The predicted octanol–water partition coefficient (Wildman–Crippen LogP) is 4.79. The first-order valence-electron chi connectivity index (χ1n) is 8.77. The van der Waals surface area contributed by atoms with E-state index in [0.29, 0.717) is 36.3 Å². The molecule has 0 aromatic heterocycles. The Morgan fingerprint density at radius 3 is 2.36 bits per heavy atom. The number of rotatable bonds is 6. The quantitative estimate of drug-likeness (QED) is 0.537. The second-order valence-electron chi connectivity index (χ2n) is 6.40. The van der Waals surface area contributed by atoms with Crippen LogP contribution < -0.4 is 9.64 Å². The summed E-state index contributed by atoms with van der Waals surface area (Å²) >= 11 is 6.05. The molecule has 0 spiro atoms. The summed E-state index contributed by atoms with van der Waals surface area (Å²) in [4.78, 5) is 26.1.